The number of aromatic nitrogens is 2. The van der Waals surface area contributed by atoms with E-state index in [1.54, 1.807) is 15.9 Å². The summed E-state index contributed by atoms with van der Waals surface area (Å²) >= 11 is 2.89. The number of hydrogen-bond donors (Lipinski definition) is 1. The summed E-state index contributed by atoms with van der Waals surface area (Å²) in [5.41, 5.74) is 1.01. The van der Waals surface area contributed by atoms with Crippen molar-refractivity contribution in [2.24, 2.45) is 5.92 Å². The molecule has 0 fully saturated rings. The van der Waals surface area contributed by atoms with E-state index in [1.165, 1.54) is 11.8 Å². The van der Waals surface area contributed by atoms with Gasteiger partial charge in [-0.05, 0) is 39.2 Å². The Kier molecular flexibility index (Phi) is 6.09. The first kappa shape index (κ1) is 19.0. The van der Waals surface area contributed by atoms with Crippen LogP contribution >= 0.6 is 23.1 Å². The Bertz CT molecular complexity index is 808. The average Bonchev–Trinajstić information content (AvgIpc) is 2.78. The zero-order valence-corrected chi connectivity index (χ0v) is 16.7. The molecule has 24 heavy (non-hydrogen) atoms. The third-order valence-corrected chi connectivity index (χ3v) is 6.00. The fraction of sp³-hybridized carbons (Fsp3) is 0.588. The molecule has 0 aliphatic rings. The predicted octanol–water partition coefficient (Wildman–Crippen LogP) is 3.35. The SMILES string of the molecule is CCNC(=O)[C@H](C)Sc1nc2sc(C)c(C)c2c(=O)n1CC(C)C. The van der Waals surface area contributed by atoms with E-state index in [0.717, 1.165) is 15.3 Å². The molecule has 0 saturated carbocycles. The number of amides is 1. The van der Waals surface area contributed by atoms with Gasteiger partial charge in [0.1, 0.15) is 4.83 Å². The van der Waals surface area contributed by atoms with Crippen molar-refractivity contribution >= 4 is 39.2 Å². The molecular weight excluding hydrogens is 342 g/mol. The van der Waals surface area contributed by atoms with Crippen LogP contribution in [0.15, 0.2) is 9.95 Å². The summed E-state index contributed by atoms with van der Waals surface area (Å²) < 4.78 is 1.73. The fourth-order valence-corrected chi connectivity index (χ4v) is 4.47. The Labute approximate surface area is 150 Å². The summed E-state index contributed by atoms with van der Waals surface area (Å²) in [6, 6.07) is 0. The van der Waals surface area contributed by atoms with Gasteiger partial charge in [0, 0.05) is 18.0 Å². The van der Waals surface area contributed by atoms with Crippen molar-refractivity contribution < 1.29 is 4.79 Å². The molecule has 1 N–H and O–H groups in total. The van der Waals surface area contributed by atoms with Gasteiger partial charge < -0.3 is 5.32 Å². The number of fused-ring (bicyclic) bond motifs is 1. The van der Waals surface area contributed by atoms with Crippen molar-refractivity contribution in [1.82, 2.24) is 14.9 Å². The molecule has 5 nitrogen and oxygen atoms in total. The molecule has 7 heteroatoms. The number of thioether (sulfide) groups is 1. The van der Waals surface area contributed by atoms with Gasteiger partial charge >= 0.3 is 0 Å². The molecule has 2 aromatic rings. The van der Waals surface area contributed by atoms with Gasteiger partial charge in [-0.15, -0.1) is 11.3 Å². The van der Waals surface area contributed by atoms with E-state index in [4.69, 9.17) is 4.98 Å². The third kappa shape index (κ3) is 3.83. The predicted molar refractivity (Wildman–Crippen MR) is 102 cm³/mol. The average molecular weight is 368 g/mol. The summed E-state index contributed by atoms with van der Waals surface area (Å²) in [5, 5.41) is 3.86. The topological polar surface area (TPSA) is 64.0 Å². The van der Waals surface area contributed by atoms with E-state index in [0.29, 0.717) is 29.6 Å². The lowest BCUT2D eigenvalue weighted by Crippen LogP contribution is -2.32. The second-order valence-electron chi connectivity index (χ2n) is 6.32. The van der Waals surface area contributed by atoms with Gasteiger partial charge in [-0.25, -0.2) is 4.98 Å². The highest BCUT2D eigenvalue weighted by Crippen LogP contribution is 2.30. The zero-order valence-electron chi connectivity index (χ0n) is 15.1. The smallest absolute Gasteiger partial charge is 0.263 e. The molecule has 0 saturated heterocycles. The van der Waals surface area contributed by atoms with Crippen LogP contribution in [-0.4, -0.2) is 27.3 Å². The van der Waals surface area contributed by atoms with E-state index in [9.17, 15) is 9.59 Å². The molecule has 0 aliphatic carbocycles. The normalized spacial score (nSPS) is 12.8. The molecule has 0 radical (unpaired) electrons. The van der Waals surface area contributed by atoms with Crippen molar-refractivity contribution in [3.8, 4) is 0 Å². The molecule has 0 aliphatic heterocycles. The maximum absolute atomic E-state index is 13.0. The number of hydrogen-bond acceptors (Lipinski definition) is 5. The summed E-state index contributed by atoms with van der Waals surface area (Å²) in [6.07, 6.45) is 0. The van der Waals surface area contributed by atoms with Crippen molar-refractivity contribution in [2.75, 3.05) is 6.54 Å². The van der Waals surface area contributed by atoms with Gasteiger partial charge in [-0.3, -0.25) is 14.2 Å². The van der Waals surface area contributed by atoms with E-state index in [-0.39, 0.29) is 16.7 Å². The van der Waals surface area contributed by atoms with Gasteiger partial charge in [0.15, 0.2) is 5.16 Å². The molecule has 0 spiro atoms. The molecule has 0 bridgehead atoms. The molecule has 1 atom stereocenters. The molecule has 0 aromatic carbocycles. The van der Waals surface area contributed by atoms with Gasteiger partial charge in [0.2, 0.25) is 5.91 Å². The van der Waals surface area contributed by atoms with E-state index in [2.05, 4.69) is 19.2 Å². The van der Waals surface area contributed by atoms with Crippen LogP contribution in [0.25, 0.3) is 10.2 Å². The molecule has 2 heterocycles. The van der Waals surface area contributed by atoms with Crippen LogP contribution in [0.1, 0.15) is 38.1 Å². The summed E-state index contributed by atoms with van der Waals surface area (Å²) in [4.78, 5) is 31.7. The third-order valence-electron chi connectivity index (χ3n) is 3.80. The Hall–Kier alpha value is -1.34. The second kappa shape index (κ2) is 7.70. The summed E-state index contributed by atoms with van der Waals surface area (Å²) in [7, 11) is 0. The standard InChI is InChI=1S/C17H25N3O2S2/c1-7-18-14(21)12(6)24-17-19-15-13(10(4)11(5)23-15)16(22)20(17)8-9(2)3/h9,12H,7-8H2,1-6H3,(H,18,21)/t12-/m0/s1. The molecule has 2 aromatic heterocycles. The fourth-order valence-electron chi connectivity index (χ4n) is 2.45. The number of nitrogens with one attached hydrogen (secondary N) is 1. The maximum Gasteiger partial charge on any atom is 0.263 e. The largest absolute Gasteiger partial charge is 0.355 e. The first-order valence-electron chi connectivity index (χ1n) is 8.21. The van der Waals surface area contributed by atoms with Crippen molar-refractivity contribution in [1.29, 1.82) is 0 Å². The van der Waals surface area contributed by atoms with Gasteiger partial charge in [-0.1, -0.05) is 25.6 Å². The van der Waals surface area contributed by atoms with E-state index in [1.807, 2.05) is 27.7 Å². The quantitative estimate of drug-likeness (QED) is 0.628. The van der Waals surface area contributed by atoms with Crippen LogP contribution in [0.4, 0.5) is 0 Å². The Balaban J connectivity index is 2.54. The van der Waals surface area contributed by atoms with Crippen LogP contribution in [0, 0.1) is 19.8 Å². The molecule has 1 amide bonds. The first-order valence-corrected chi connectivity index (χ1v) is 9.90. The lowest BCUT2D eigenvalue weighted by atomic mass is 10.2. The monoisotopic (exact) mass is 367 g/mol. The van der Waals surface area contributed by atoms with Crippen LogP contribution in [0.2, 0.25) is 0 Å². The van der Waals surface area contributed by atoms with Gasteiger partial charge in [0.05, 0.1) is 10.6 Å². The molecule has 2 rings (SSSR count). The summed E-state index contributed by atoms with van der Waals surface area (Å²) in [6.45, 7) is 13.1. The summed E-state index contributed by atoms with van der Waals surface area (Å²) in [5.74, 6) is 0.285. The minimum absolute atomic E-state index is 0.00106. The van der Waals surface area contributed by atoms with Crippen LogP contribution in [0.5, 0.6) is 0 Å². The van der Waals surface area contributed by atoms with Crippen LogP contribution in [-0.2, 0) is 11.3 Å². The molecular formula is C17H25N3O2S2. The van der Waals surface area contributed by atoms with Crippen LogP contribution < -0.4 is 10.9 Å². The molecule has 0 unspecified atom stereocenters. The number of thiophene rings is 1. The Morgan fingerprint density at radius 2 is 2.00 bits per heavy atom. The number of rotatable bonds is 6. The minimum Gasteiger partial charge on any atom is -0.355 e. The lowest BCUT2D eigenvalue weighted by molar-refractivity contribution is -0.120. The number of carbonyl (C=O) groups excluding carboxylic acids is 1. The minimum atomic E-state index is -0.296. The lowest BCUT2D eigenvalue weighted by Gasteiger charge is -2.16. The number of aryl methyl sites for hydroxylation is 2. The van der Waals surface area contributed by atoms with Crippen molar-refractivity contribution in [2.45, 2.75) is 58.5 Å². The van der Waals surface area contributed by atoms with E-state index >= 15 is 0 Å². The Morgan fingerprint density at radius 1 is 1.33 bits per heavy atom. The van der Waals surface area contributed by atoms with Crippen LogP contribution in [0.3, 0.4) is 0 Å². The van der Waals surface area contributed by atoms with Gasteiger partial charge in [-0.2, -0.15) is 0 Å². The number of nitrogens with zero attached hydrogens (tertiary/aromatic N) is 2. The van der Waals surface area contributed by atoms with Crippen molar-refractivity contribution in [3.05, 3.63) is 20.8 Å². The highest BCUT2D eigenvalue weighted by atomic mass is 32.2. The second-order valence-corrected chi connectivity index (χ2v) is 8.83. The zero-order chi connectivity index (χ0) is 18.0. The van der Waals surface area contributed by atoms with Crippen molar-refractivity contribution in [3.63, 3.8) is 0 Å². The number of carbonyl (C=O) groups is 1. The highest BCUT2D eigenvalue weighted by Gasteiger charge is 2.21. The Morgan fingerprint density at radius 3 is 2.58 bits per heavy atom. The van der Waals surface area contributed by atoms with Gasteiger partial charge in [0.25, 0.3) is 5.56 Å². The molecule has 132 valence electrons. The first-order chi connectivity index (χ1) is 11.3. The van der Waals surface area contributed by atoms with E-state index < -0.39 is 0 Å². The highest BCUT2D eigenvalue weighted by molar-refractivity contribution is 8.00. The maximum atomic E-state index is 13.0.